The number of sulfonamides is 1. The zero-order valence-corrected chi connectivity index (χ0v) is 19.8. The molecule has 0 fully saturated rings. The number of amides is 1. The molecule has 0 atom stereocenters. The highest BCUT2D eigenvalue weighted by atomic mass is 32.2. The largest absolute Gasteiger partial charge is 0.330 e. The van der Waals surface area contributed by atoms with E-state index in [2.05, 4.69) is 40.9 Å². The quantitative estimate of drug-likeness (QED) is 0.458. The molecule has 1 heterocycles. The predicted octanol–water partition coefficient (Wildman–Crippen LogP) is 4.18. The third-order valence-corrected chi connectivity index (χ3v) is 6.72. The monoisotopic (exact) mass is 463 g/mol. The summed E-state index contributed by atoms with van der Waals surface area (Å²) in [6.07, 6.45) is 7.65. The van der Waals surface area contributed by atoms with E-state index in [4.69, 9.17) is 0 Å². The van der Waals surface area contributed by atoms with Crippen molar-refractivity contribution in [2.24, 2.45) is 0 Å². The van der Waals surface area contributed by atoms with Gasteiger partial charge in [-0.25, -0.2) is 13.1 Å². The second kappa shape index (κ2) is 11.5. The summed E-state index contributed by atoms with van der Waals surface area (Å²) in [7, 11) is -3.50. The molecule has 0 aliphatic carbocycles. The Morgan fingerprint density at radius 1 is 0.939 bits per heavy atom. The Morgan fingerprint density at radius 3 is 2.21 bits per heavy atom. The zero-order valence-electron chi connectivity index (χ0n) is 18.9. The zero-order chi connectivity index (χ0) is 23.7. The highest BCUT2D eigenvalue weighted by Crippen LogP contribution is 2.14. The van der Waals surface area contributed by atoms with E-state index < -0.39 is 10.0 Å². The van der Waals surface area contributed by atoms with E-state index >= 15 is 0 Å². The lowest BCUT2D eigenvalue weighted by atomic mass is 10.1. The molecule has 6 nitrogen and oxygen atoms in total. The molecule has 3 aromatic rings. The maximum Gasteiger partial charge on any atom is 0.247 e. The van der Waals surface area contributed by atoms with Crippen molar-refractivity contribution in [2.75, 3.05) is 6.54 Å². The molecule has 0 aliphatic rings. The first kappa shape index (κ1) is 24.4. The molecule has 172 valence electrons. The van der Waals surface area contributed by atoms with Crippen LogP contribution in [0.4, 0.5) is 0 Å². The fraction of sp³-hybridized carbons (Fsp3) is 0.231. The van der Waals surface area contributed by atoms with Gasteiger partial charge in [0.25, 0.3) is 0 Å². The number of aromatic nitrogens is 1. The van der Waals surface area contributed by atoms with Crippen LogP contribution in [0.1, 0.15) is 36.1 Å². The molecule has 0 unspecified atom stereocenters. The SMILES string of the molecule is CCNS(=O)(=O)c1ccc(/C=C/C(=O)N(Cc2ccc(CC)cc2)Cc2cccnc2)cc1. The minimum atomic E-state index is -3.50. The van der Waals surface area contributed by atoms with Crippen molar-refractivity contribution in [3.63, 3.8) is 0 Å². The van der Waals surface area contributed by atoms with Gasteiger partial charge in [0.15, 0.2) is 0 Å². The average Bonchev–Trinajstić information content (AvgIpc) is 2.83. The lowest BCUT2D eigenvalue weighted by Crippen LogP contribution is -2.28. The van der Waals surface area contributed by atoms with Crippen LogP contribution in [0.3, 0.4) is 0 Å². The molecule has 2 aromatic carbocycles. The normalized spacial score (nSPS) is 11.6. The molecule has 0 radical (unpaired) electrons. The molecule has 0 aliphatic heterocycles. The van der Waals surface area contributed by atoms with Crippen LogP contribution in [0.25, 0.3) is 6.08 Å². The fourth-order valence-electron chi connectivity index (χ4n) is 3.33. The van der Waals surface area contributed by atoms with Crippen LogP contribution >= 0.6 is 0 Å². The summed E-state index contributed by atoms with van der Waals surface area (Å²) >= 11 is 0. The molecule has 0 spiro atoms. The van der Waals surface area contributed by atoms with Gasteiger partial charge >= 0.3 is 0 Å². The van der Waals surface area contributed by atoms with E-state index in [1.807, 2.05) is 12.1 Å². The minimum Gasteiger partial charge on any atom is -0.330 e. The molecular formula is C26H29N3O3S. The summed E-state index contributed by atoms with van der Waals surface area (Å²) < 4.78 is 26.6. The van der Waals surface area contributed by atoms with Crippen LogP contribution in [0.2, 0.25) is 0 Å². The number of aryl methyl sites for hydroxylation is 1. The third-order valence-electron chi connectivity index (χ3n) is 5.16. The number of nitrogens with zero attached hydrogens (tertiary/aromatic N) is 2. The Bertz CT molecular complexity index is 1170. The van der Waals surface area contributed by atoms with Gasteiger partial charge in [0.2, 0.25) is 15.9 Å². The maximum absolute atomic E-state index is 13.1. The van der Waals surface area contributed by atoms with Crippen LogP contribution in [0, 0.1) is 0 Å². The number of carbonyl (C=O) groups is 1. The van der Waals surface area contributed by atoms with Gasteiger partial charge in [-0.2, -0.15) is 0 Å². The van der Waals surface area contributed by atoms with E-state index in [0.29, 0.717) is 19.6 Å². The minimum absolute atomic E-state index is 0.136. The number of hydrogen-bond acceptors (Lipinski definition) is 4. The lowest BCUT2D eigenvalue weighted by Gasteiger charge is -2.21. The highest BCUT2D eigenvalue weighted by molar-refractivity contribution is 7.89. The van der Waals surface area contributed by atoms with Gasteiger partial charge in [-0.15, -0.1) is 0 Å². The number of rotatable bonds is 10. The Hall–Kier alpha value is -3.29. The molecular weight excluding hydrogens is 434 g/mol. The number of nitrogens with one attached hydrogen (secondary N) is 1. The van der Waals surface area contributed by atoms with Crippen LogP contribution in [0.5, 0.6) is 0 Å². The summed E-state index contributed by atoms with van der Waals surface area (Å²) in [6.45, 7) is 5.08. The summed E-state index contributed by atoms with van der Waals surface area (Å²) in [4.78, 5) is 19.2. The first-order valence-electron chi connectivity index (χ1n) is 10.9. The van der Waals surface area contributed by atoms with Crippen molar-refractivity contribution in [1.29, 1.82) is 0 Å². The van der Waals surface area contributed by atoms with Crippen molar-refractivity contribution < 1.29 is 13.2 Å². The van der Waals surface area contributed by atoms with Gasteiger partial charge in [-0.1, -0.05) is 56.3 Å². The van der Waals surface area contributed by atoms with Gasteiger partial charge in [0, 0.05) is 38.1 Å². The molecule has 1 N–H and O–H groups in total. The predicted molar refractivity (Wildman–Crippen MR) is 131 cm³/mol. The molecule has 0 saturated heterocycles. The maximum atomic E-state index is 13.1. The molecule has 0 saturated carbocycles. The fourth-order valence-corrected chi connectivity index (χ4v) is 4.37. The van der Waals surface area contributed by atoms with Crippen molar-refractivity contribution in [1.82, 2.24) is 14.6 Å². The summed E-state index contributed by atoms with van der Waals surface area (Å²) in [6, 6.07) is 18.5. The topological polar surface area (TPSA) is 79.4 Å². The van der Waals surface area contributed by atoms with E-state index in [1.54, 1.807) is 42.4 Å². The summed E-state index contributed by atoms with van der Waals surface area (Å²) in [5, 5.41) is 0. The van der Waals surface area contributed by atoms with Crippen LogP contribution < -0.4 is 4.72 Å². The van der Waals surface area contributed by atoms with Crippen molar-refractivity contribution in [3.8, 4) is 0 Å². The molecule has 0 bridgehead atoms. The molecule has 1 aromatic heterocycles. The van der Waals surface area contributed by atoms with E-state index in [-0.39, 0.29) is 10.8 Å². The van der Waals surface area contributed by atoms with Gasteiger partial charge in [-0.3, -0.25) is 9.78 Å². The number of carbonyl (C=O) groups excluding carboxylic acids is 1. The van der Waals surface area contributed by atoms with Gasteiger partial charge in [0.05, 0.1) is 4.90 Å². The van der Waals surface area contributed by atoms with Gasteiger partial charge in [0.1, 0.15) is 0 Å². The lowest BCUT2D eigenvalue weighted by molar-refractivity contribution is -0.127. The Balaban J connectivity index is 1.76. The van der Waals surface area contributed by atoms with Crippen molar-refractivity contribution >= 4 is 22.0 Å². The standard InChI is InChI=1S/C26H29N3O3S/c1-3-21-7-9-23(10-8-21)19-29(20-24-6-5-17-27-18-24)26(30)16-13-22-11-14-25(15-12-22)33(31,32)28-4-2/h5-18,28H,3-4,19-20H2,1-2H3/b16-13+. The smallest absolute Gasteiger partial charge is 0.247 e. The highest BCUT2D eigenvalue weighted by Gasteiger charge is 2.14. The molecule has 7 heteroatoms. The van der Waals surface area contributed by atoms with E-state index in [9.17, 15) is 13.2 Å². The van der Waals surface area contributed by atoms with Crippen molar-refractivity contribution in [3.05, 3.63) is 101 Å². The van der Waals surface area contributed by atoms with E-state index in [0.717, 1.165) is 23.1 Å². The van der Waals surface area contributed by atoms with Crippen LogP contribution in [0.15, 0.2) is 84.0 Å². The van der Waals surface area contributed by atoms with Gasteiger partial charge < -0.3 is 4.90 Å². The third kappa shape index (κ3) is 7.10. The van der Waals surface area contributed by atoms with Crippen molar-refractivity contribution in [2.45, 2.75) is 38.3 Å². The van der Waals surface area contributed by atoms with Gasteiger partial charge in [-0.05, 0) is 52.9 Å². The Kier molecular flexibility index (Phi) is 8.52. The Morgan fingerprint density at radius 2 is 1.61 bits per heavy atom. The molecule has 33 heavy (non-hydrogen) atoms. The van der Waals surface area contributed by atoms with E-state index in [1.165, 1.54) is 23.8 Å². The average molecular weight is 464 g/mol. The Labute approximate surface area is 196 Å². The number of benzene rings is 2. The summed E-state index contributed by atoms with van der Waals surface area (Å²) in [5.74, 6) is -0.136. The second-order valence-electron chi connectivity index (χ2n) is 7.63. The number of hydrogen-bond donors (Lipinski definition) is 1. The summed E-state index contributed by atoms with van der Waals surface area (Å²) in [5.41, 5.74) is 3.99. The second-order valence-corrected chi connectivity index (χ2v) is 9.40. The molecule has 3 rings (SSSR count). The first-order chi connectivity index (χ1) is 15.9. The van der Waals surface area contributed by atoms with Crippen LogP contribution in [-0.4, -0.2) is 30.8 Å². The molecule has 1 amide bonds. The number of pyridine rings is 1. The first-order valence-corrected chi connectivity index (χ1v) is 12.4. The van der Waals surface area contributed by atoms with Crippen LogP contribution in [-0.2, 0) is 34.3 Å².